The van der Waals surface area contributed by atoms with Crippen LogP contribution in [0.25, 0.3) is 142 Å². The molecule has 0 aliphatic rings. The van der Waals surface area contributed by atoms with Crippen molar-refractivity contribution in [2.45, 2.75) is 0 Å². The minimum atomic E-state index is 0.489. The SMILES string of the molecule is N#Cc1ccc2c(c1)c1cc(C#N)cc3c4c5nc6c7ccc(-c8ccccc8)cc7c7cc(-c8ccccc8)ccc7c6nc5c5c6cc(C#N)cc7c8cc(C#N)ccc8n(c76)c5c4n2c13. The minimum Gasteiger partial charge on any atom is -0.306 e. The maximum absolute atomic E-state index is 10.6. The number of hydrogen-bond acceptors (Lipinski definition) is 6. The monoisotopic (exact) mass is 858 g/mol. The van der Waals surface area contributed by atoms with Crippen LogP contribution in [0.2, 0.25) is 0 Å². The average molecular weight is 859 g/mol. The second-order valence-electron chi connectivity index (χ2n) is 17.7. The Morgan fingerprint density at radius 2 is 0.691 bits per heavy atom. The number of rotatable bonds is 2. The van der Waals surface area contributed by atoms with E-state index < -0.39 is 0 Å². The van der Waals surface area contributed by atoms with Gasteiger partial charge in [-0.2, -0.15) is 21.0 Å². The van der Waals surface area contributed by atoms with Gasteiger partial charge >= 0.3 is 0 Å². The molecular formula is C60H26N8. The average Bonchev–Trinajstić information content (AvgIpc) is 4.13. The molecule has 5 heterocycles. The van der Waals surface area contributed by atoms with Crippen molar-refractivity contribution in [3.8, 4) is 46.5 Å². The van der Waals surface area contributed by atoms with Gasteiger partial charge in [-0.1, -0.05) is 84.9 Å². The van der Waals surface area contributed by atoms with E-state index in [9.17, 15) is 21.0 Å². The van der Waals surface area contributed by atoms with Gasteiger partial charge in [-0.3, -0.25) is 0 Å². The summed E-state index contributed by atoms with van der Waals surface area (Å²) < 4.78 is 4.55. The van der Waals surface area contributed by atoms with Crippen LogP contribution < -0.4 is 0 Å². The summed E-state index contributed by atoms with van der Waals surface area (Å²) in [6.07, 6.45) is 0. The predicted molar refractivity (Wildman–Crippen MR) is 271 cm³/mol. The van der Waals surface area contributed by atoms with Crippen LogP contribution in [0.5, 0.6) is 0 Å². The van der Waals surface area contributed by atoms with E-state index in [1.54, 1.807) is 0 Å². The lowest BCUT2D eigenvalue weighted by Gasteiger charge is -2.14. The molecule has 0 aliphatic carbocycles. The van der Waals surface area contributed by atoms with E-state index in [1.807, 2.05) is 72.8 Å². The van der Waals surface area contributed by atoms with Crippen LogP contribution in [0, 0.1) is 45.3 Å². The maximum atomic E-state index is 10.6. The third-order valence-electron chi connectivity index (χ3n) is 14.3. The van der Waals surface area contributed by atoms with E-state index in [0.29, 0.717) is 33.3 Å². The fraction of sp³-hybridized carbons (Fsp3) is 0. The predicted octanol–water partition coefficient (Wildman–Crippen LogP) is 14.2. The van der Waals surface area contributed by atoms with E-state index in [4.69, 9.17) is 9.97 Å². The molecular weight excluding hydrogens is 833 g/mol. The van der Waals surface area contributed by atoms with Gasteiger partial charge in [-0.15, -0.1) is 0 Å². The van der Waals surface area contributed by atoms with Crippen LogP contribution in [0.3, 0.4) is 0 Å². The Balaban J connectivity index is 1.23. The topological polar surface area (TPSA) is 130 Å². The quantitative estimate of drug-likeness (QED) is 0.126. The second kappa shape index (κ2) is 12.8. The zero-order valence-electron chi connectivity index (χ0n) is 35.6. The molecule has 0 aliphatic heterocycles. The largest absolute Gasteiger partial charge is 0.306 e. The van der Waals surface area contributed by atoms with Crippen molar-refractivity contribution >= 4 is 120 Å². The zero-order chi connectivity index (χ0) is 45.1. The maximum Gasteiger partial charge on any atom is 0.100 e. The van der Waals surface area contributed by atoms with Crippen molar-refractivity contribution in [3.63, 3.8) is 0 Å². The second-order valence-corrected chi connectivity index (χ2v) is 17.7. The highest BCUT2D eigenvalue weighted by Gasteiger charge is 2.30. The summed E-state index contributed by atoms with van der Waals surface area (Å²) >= 11 is 0. The first kappa shape index (κ1) is 36.2. The van der Waals surface area contributed by atoms with E-state index >= 15 is 0 Å². The van der Waals surface area contributed by atoms with Crippen LogP contribution in [-0.2, 0) is 0 Å². The molecule has 0 N–H and O–H groups in total. The standard InChI is InChI=1S/C60H26N8/c61-27-31-11-17-49-43(19-31)45-21-33(29-63)23-47-51-55-56(52-48-24-34(30-64)22-46-44-20-32(28-62)12-18-50(44)68(58(46)48)60(52)59(51)67(49)57(45)47)66-54-40-16-14-38(36-9-5-2-6-10-36)26-42(40)41-25-37(35-7-3-1-4-8-35)13-15-39(41)53(54)65-55/h1-26H. The molecule has 0 bridgehead atoms. The molecule has 0 atom stereocenters. The molecule has 5 aromatic heterocycles. The summed E-state index contributed by atoms with van der Waals surface area (Å²) in [6, 6.07) is 62.8. The van der Waals surface area contributed by atoms with Crippen molar-refractivity contribution in [1.82, 2.24) is 18.8 Å². The van der Waals surface area contributed by atoms with Crippen LogP contribution in [-0.4, -0.2) is 18.8 Å². The molecule has 15 rings (SSSR count). The number of benzene rings is 10. The number of hydrogen-bond donors (Lipinski definition) is 0. The Kier molecular flexibility index (Phi) is 6.81. The Hall–Kier alpha value is -10.1. The van der Waals surface area contributed by atoms with E-state index in [0.717, 1.165) is 131 Å². The molecule has 0 amide bonds. The van der Waals surface area contributed by atoms with Crippen molar-refractivity contribution in [1.29, 1.82) is 21.0 Å². The molecule has 0 radical (unpaired) electrons. The van der Waals surface area contributed by atoms with Gasteiger partial charge in [0.1, 0.15) is 11.0 Å². The lowest BCUT2D eigenvalue weighted by atomic mass is 9.93. The smallest absolute Gasteiger partial charge is 0.100 e. The zero-order valence-corrected chi connectivity index (χ0v) is 35.6. The third-order valence-corrected chi connectivity index (χ3v) is 14.3. The first-order valence-corrected chi connectivity index (χ1v) is 22.2. The van der Waals surface area contributed by atoms with Gasteiger partial charge in [0.05, 0.1) is 90.7 Å². The number of nitriles is 4. The highest BCUT2D eigenvalue weighted by Crippen LogP contribution is 2.51. The van der Waals surface area contributed by atoms with E-state index in [1.165, 1.54) is 0 Å². The Morgan fingerprint density at radius 3 is 1.10 bits per heavy atom. The Morgan fingerprint density at radius 1 is 0.294 bits per heavy atom. The molecule has 306 valence electrons. The summed E-state index contributed by atoms with van der Waals surface area (Å²) in [5.74, 6) is 0. The first-order chi connectivity index (χ1) is 33.5. The molecule has 0 saturated carbocycles. The van der Waals surface area contributed by atoms with Crippen molar-refractivity contribution in [2.75, 3.05) is 0 Å². The van der Waals surface area contributed by atoms with Gasteiger partial charge in [0.2, 0.25) is 0 Å². The summed E-state index contributed by atoms with van der Waals surface area (Å²) in [5, 5.41) is 52.3. The molecule has 0 unspecified atom stereocenters. The molecule has 0 spiro atoms. The summed E-state index contributed by atoms with van der Waals surface area (Å²) in [7, 11) is 0. The molecule has 15 aromatic rings. The van der Waals surface area contributed by atoms with E-state index in [-0.39, 0.29) is 0 Å². The summed E-state index contributed by atoms with van der Waals surface area (Å²) in [6.45, 7) is 0. The van der Waals surface area contributed by atoms with Crippen LogP contribution in [0.1, 0.15) is 22.3 Å². The van der Waals surface area contributed by atoms with Crippen molar-refractivity contribution in [3.05, 3.63) is 180 Å². The fourth-order valence-corrected chi connectivity index (χ4v) is 11.5. The number of aromatic nitrogens is 4. The van der Waals surface area contributed by atoms with Gasteiger partial charge in [-0.25, -0.2) is 9.97 Å². The van der Waals surface area contributed by atoms with Gasteiger partial charge in [-0.05, 0) is 106 Å². The fourth-order valence-electron chi connectivity index (χ4n) is 11.5. The summed E-state index contributed by atoms with van der Waals surface area (Å²) in [5.41, 5.74) is 14.7. The normalized spacial score (nSPS) is 12.1. The van der Waals surface area contributed by atoms with Gasteiger partial charge in [0.15, 0.2) is 0 Å². The van der Waals surface area contributed by atoms with Gasteiger partial charge < -0.3 is 8.80 Å². The van der Waals surface area contributed by atoms with Crippen molar-refractivity contribution in [2.24, 2.45) is 0 Å². The Labute approximate surface area is 384 Å². The first-order valence-electron chi connectivity index (χ1n) is 22.2. The van der Waals surface area contributed by atoms with Gasteiger partial charge in [0.25, 0.3) is 0 Å². The van der Waals surface area contributed by atoms with Crippen molar-refractivity contribution < 1.29 is 0 Å². The van der Waals surface area contributed by atoms with Crippen LogP contribution >= 0.6 is 0 Å². The minimum absolute atomic E-state index is 0.489. The van der Waals surface area contributed by atoms with Gasteiger partial charge in [0, 0.05) is 53.9 Å². The molecule has 0 saturated heterocycles. The number of nitrogens with zero attached hydrogens (tertiary/aromatic N) is 8. The molecule has 8 nitrogen and oxygen atoms in total. The molecule has 8 heteroatoms. The van der Waals surface area contributed by atoms with Crippen LogP contribution in [0.4, 0.5) is 0 Å². The Bertz CT molecular complexity index is 4680. The highest BCUT2D eigenvalue weighted by atomic mass is 15.0. The van der Waals surface area contributed by atoms with E-state index in [2.05, 4.69) is 118 Å². The lowest BCUT2D eigenvalue weighted by Crippen LogP contribution is -1.95. The molecule has 10 aromatic carbocycles. The highest BCUT2D eigenvalue weighted by molar-refractivity contribution is 6.41. The molecule has 68 heavy (non-hydrogen) atoms. The lowest BCUT2D eigenvalue weighted by molar-refractivity contribution is 1.33. The summed E-state index contributed by atoms with van der Waals surface area (Å²) in [4.78, 5) is 11.7. The molecule has 0 fully saturated rings. The number of fused-ring (bicyclic) bond motifs is 22. The third kappa shape index (κ3) is 4.48. The van der Waals surface area contributed by atoms with Crippen LogP contribution in [0.15, 0.2) is 158 Å².